The van der Waals surface area contributed by atoms with Gasteiger partial charge in [-0.3, -0.25) is 20.2 Å². The number of carbonyl (C=O) groups excluding carboxylic acids is 1. The number of nitro benzene ring substituents is 1. The van der Waals surface area contributed by atoms with E-state index in [0.29, 0.717) is 5.13 Å². The predicted octanol–water partition coefficient (Wildman–Crippen LogP) is 4.93. The van der Waals surface area contributed by atoms with E-state index in [1.54, 1.807) is 7.11 Å². The van der Waals surface area contributed by atoms with Crippen molar-refractivity contribution >= 4 is 28.1 Å². The summed E-state index contributed by atoms with van der Waals surface area (Å²) in [6.07, 6.45) is 1.79. The predicted molar refractivity (Wildman–Crippen MR) is 109 cm³/mol. The van der Waals surface area contributed by atoms with Crippen LogP contribution in [-0.2, 0) is 6.42 Å². The second-order valence-electron chi connectivity index (χ2n) is 6.03. The molecule has 144 valence electrons. The van der Waals surface area contributed by atoms with E-state index in [1.165, 1.54) is 35.6 Å². The maximum atomic E-state index is 12.5. The van der Waals surface area contributed by atoms with E-state index in [-0.39, 0.29) is 11.3 Å². The molecule has 1 amide bonds. The van der Waals surface area contributed by atoms with E-state index in [2.05, 4.69) is 17.2 Å². The number of benzene rings is 2. The lowest BCUT2D eigenvalue weighted by Crippen LogP contribution is -2.11. The summed E-state index contributed by atoms with van der Waals surface area (Å²) in [7, 11) is 1.61. The number of ether oxygens (including phenoxy) is 1. The summed E-state index contributed by atoms with van der Waals surface area (Å²) in [4.78, 5) is 28.5. The van der Waals surface area contributed by atoms with E-state index < -0.39 is 10.8 Å². The lowest BCUT2D eigenvalue weighted by atomic mass is 10.1. The van der Waals surface area contributed by atoms with Gasteiger partial charge in [0.1, 0.15) is 5.75 Å². The third-order valence-corrected chi connectivity index (χ3v) is 5.11. The summed E-state index contributed by atoms with van der Waals surface area (Å²) in [6.45, 7) is 2.08. The van der Waals surface area contributed by atoms with Gasteiger partial charge in [-0.25, -0.2) is 4.98 Å². The number of amides is 1. The molecule has 3 rings (SSSR count). The highest BCUT2D eigenvalue weighted by Crippen LogP contribution is 2.33. The van der Waals surface area contributed by atoms with Gasteiger partial charge in [0, 0.05) is 28.1 Å². The molecule has 7 nitrogen and oxygen atoms in total. The van der Waals surface area contributed by atoms with Crippen LogP contribution in [0.4, 0.5) is 10.8 Å². The second kappa shape index (κ2) is 8.62. The Balaban J connectivity index is 1.87. The first-order chi connectivity index (χ1) is 13.5. The van der Waals surface area contributed by atoms with Gasteiger partial charge in [-0.05, 0) is 36.8 Å². The number of hydrogen-bond donors (Lipinski definition) is 1. The molecule has 3 aromatic rings. The van der Waals surface area contributed by atoms with E-state index >= 15 is 0 Å². The molecule has 0 bridgehead atoms. The molecule has 0 aliphatic rings. The van der Waals surface area contributed by atoms with Gasteiger partial charge in [0.2, 0.25) is 0 Å². The van der Waals surface area contributed by atoms with Crippen LogP contribution in [-0.4, -0.2) is 22.9 Å². The number of methoxy groups -OCH3 is 1. The van der Waals surface area contributed by atoms with E-state index in [4.69, 9.17) is 4.74 Å². The highest BCUT2D eigenvalue weighted by molar-refractivity contribution is 7.16. The van der Waals surface area contributed by atoms with Crippen LogP contribution in [0, 0.1) is 10.1 Å². The average molecular weight is 397 g/mol. The fourth-order valence-corrected chi connectivity index (χ4v) is 3.79. The summed E-state index contributed by atoms with van der Waals surface area (Å²) in [5.74, 6) is 0.331. The number of anilines is 1. The Labute approximate surface area is 166 Å². The number of thiazole rings is 1. The zero-order valence-corrected chi connectivity index (χ0v) is 16.3. The van der Waals surface area contributed by atoms with Gasteiger partial charge in [0.15, 0.2) is 5.13 Å². The van der Waals surface area contributed by atoms with Gasteiger partial charge < -0.3 is 4.74 Å². The fourth-order valence-electron chi connectivity index (χ4n) is 2.71. The summed E-state index contributed by atoms with van der Waals surface area (Å²) in [5.41, 5.74) is 1.85. The average Bonchev–Trinajstić information content (AvgIpc) is 3.10. The minimum Gasteiger partial charge on any atom is -0.497 e. The summed E-state index contributed by atoms with van der Waals surface area (Å²) in [5, 5.41) is 14.1. The highest BCUT2D eigenvalue weighted by atomic mass is 32.1. The first-order valence-corrected chi connectivity index (χ1v) is 9.53. The molecule has 0 radical (unpaired) electrons. The topological polar surface area (TPSA) is 94.4 Å². The van der Waals surface area contributed by atoms with Crippen LogP contribution in [0.3, 0.4) is 0 Å². The molecule has 0 spiro atoms. The first kappa shape index (κ1) is 19.5. The molecule has 0 atom stereocenters. The molecular weight excluding hydrogens is 378 g/mol. The van der Waals surface area contributed by atoms with Crippen molar-refractivity contribution in [3.63, 3.8) is 0 Å². The Bertz CT molecular complexity index is 999. The molecule has 0 saturated heterocycles. The van der Waals surface area contributed by atoms with E-state index in [9.17, 15) is 14.9 Å². The van der Waals surface area contributed by atoms with Gasteiger partial charge in [-0.1, -0.05) is 19.4 Å². The number of aromatic nitrogens is 1. The van der Waals surface area contributed by atoms with Crippen molar-refractivity contribution < 1.29 is 14.5 Å². The van der Waals surface area contributed by atoms with Gasteiger partial charge >= 0.3 is 0 Å². The number of aryl methyl sites for hydroxylation is 1. The third-order valence-electron chi connectivity index (χ3n) is 4.08. The van der Waals surface area contributed by atoms with Crippen molar-refractivity contribution in [2.75, 3.05) is 12.4 Å². The van der Waals surface area contributed by atoms with Crippen molar-refractivity contribution in [1.29, 1.82) is 0 Å². The number of hydrogen-bond acceptors (Lipinski definition) is 6. The first-order valence-electron chi connectivity index (χ1n) is 8.71. The normalized spacial score (nSPS) is 10.5. The maximum Gasteiger partial charge on any atom is 0.270 e. The summed E-state index contributed by atoms with van der Waals surface area (Å²) >= 11 is 1.41. The number of nitrogens with one attached hydrogen (secondary N) is 1. The van der Waals surface area contributed by atoms with E-state index in [1.807, 2.05) is 24.3 Å². The lowest BCUT2D eigenvalue weighted by molar-refractivity contribution is -0.384. The molecule has 0 saturated carbocycles. The van der Waals surface area contributed by atoms with Crippen LogP contribution >= 0.6 is 11.3 Å². The molecule has 0 unspecified atom stereocenters. The van der Waals surface area contributed by atoms with Crippen molar-refractivity contribution in [2.24, 2.45) is 0 Å². The third kappa shape index (κ3) is 4.34. The van der Waals surface area contributed by atoms with Crippen LogP contribution in [0.1, 0.15) is 28.6 Å². The van der Waals surface area contributed by atoms with Crippen molar-refractivity contribution in [1.82, 2.24) is 4.98 Å². The SMILES string of the molecule is CCCc1sc(NC(=O)c2cccc([N+](=O)[O-])c2)nc1-c1ccc(OC)cc1. The standard InChI is InChI=1S/C20H19N3O4S/c1-3-5-17-18(13-8-10-16(27-2)11-9-13)21-20(28-17)22-19(24)14-6-4-7-15(12-14)23(25)26/h4,6-12H,3,5H2,1-2H3,(H,21,22,24). The molecule has 28 heavy (non-hydrogen) atoms. The van der Waals surface area contributed by atoms with E-state index in [0.717, 1.165) is 34.7 Å². The largest absolute Gasteiger partial charge is 0.497 e. The van der Waals surface area contributed by atoms with Crippen LogP contribution in [0.15, 0.2) is 48.5 Å². The molecule has 1 aromatic heterocycles. The summed E-state index contributed by atoms with van der Waals surface area (Å²) in [6, 6.07) is 13.2. The number of carbonyl (C=O) groups is 1. The quantitative estimate of drug-likeness (QED) is 0.450. The number of nitrogens with zero attached hydrogens (tertiary/aromatic N) is 2. The van der Waals surface area contributed by atoms with Crippen LogP contribution in [0.5, 0.6) is 5.75 Å². The zero-order chi connectivity index (χ0) is 20.1. The summed E-state index contributed by atoms with van der Waals surface area (Å²) < 4.78 is 5.19. The number of nitro groups is 1. The molecule has 0 fully saturated rings. The smallest absolute Gasteiger partial charge is 0.270 e. The lowest BCUT2D eigenvalue weighted by Gasteiger charge is -2.03. The van der Waals surface area contributed by atoms with Crippen molar-refractivity contribution in [2.45, 2.75) is 19.8 Å². The Morgan fingerprint density at radius 1 is 1.25 bits per heavy atom. The fraction of sp³-hybridized carbons (Fsp3) is 0.200. The Morgan fingerprint density at radius 2 is 2.00 bits per heavy atom. The number of non-ortho nitro benzene ring substituents is 1. The van der Waals surface area contributed by atoms with Crippen LogP contribution in [0.25, 0.3) is 11.3 Å². The monoisotopic (exact) mass is 397 g/mol. The minimum absolute atomic E-state index is 0.127. The second-order valence-corrected chi connectivity index (χ2v) is 7.11. The number of rotatable bonds is 7. The minimum atomic E-state index is -0.526. The molecule has 1 heterocycles. The highest BCUT2D eigenvalue weighted by Gasteiger charge is 2.17. The van der Waals surface area contributed by atoms with Crippen LogP contribution in [0.2, 0.25) is 0 Å². The Hall–Kier alpha value is -3.26. The maximum absolute atomic E-state index is 12.5. The molecule has 0 aliphatic carbocycles. The van der Waals surface area contributed by atoms with Gasteiger partial charge in [-0.15, -0.1) is 11.3 Å². The van der Waals surface area contributed by atoms with Crippen molar-refractivity contribution in [3.05, 3.63) is 69.1 Å². The van der Waals surface area contributed by atoms with Crippen molar-refractivity contribution in [3.8, 4) is 17.0 Å². The Kier molecular flexibility index (Phi) is 6.00. The molecule has 8 heteroatoms. The van der Waals surface area contributed by atoms with Gasteiger partial charge in [0.05, 0.1) is 17.7 Å². The molecule has 1 N–H and O–H groups in total. The molecule has 2 aromatic carbocycles. The Morgan fingerprint density at radius 3 is 2.64 bits per heavy atom. The molecular formula is C20H19N3O4S. The van der Waals surface area contributed by atoms with Gasteiger partial charge in [-0.2, -0.15) is 0 Å². The van der Waals surface area contributed by atoms with Crippen LogP contribution < -0.4 is 10.1 Å². The zero-order valence-electron chi connectivity index (χ0n) is 15.5. The van der Waals surface area contributed by atoms with Gasteiger partial charge in [0.25, 0.3) is 11.6 Å². The molecule has 0 aliphatic heterocycles.